The van der Waals surface area contributed by atoms with Crippen LogP contribution < -0.4 is 5.32 Å². The third-order valence-corrected chi connectivity index (χ3v) is 3.24. The van der Waals surface area contributed by atoms with Gasteiger partial charge in [-0.15, -0.1) is 0 Å². The largest absolute Gasteiger partial charge is 0.326 e. The van der Waals surface area contributed by atoms with Gasteiger partial charge in [0.05, 0.1) is 12.1 Å². The van der Waals surface area contributed by atoms with Gasteiger partial charge in [0.15, 0.2) is 0 Å². The van der Waals surface area contributed by atoms with Gasteiger partial charge in [0.1, 0.15) is 11.3 Å². The molecule has 1 N–H and O–H groups in total. The van der Waals surface area contributed by atoms with E-state index in [1.165, 1.54) is 5.52 Å². The minimum atomic E-state index is 0.876. The Kier molecular flexibility index (Phi) is 1.85. The molecule has 72 valence electrons. The second-order valence-electron chi connectivity index (χ2n) is 3.46. The predicted molar refractivity (Wildman–Crippen MR) is 59.1 cm³/mol. The highest BCUT2D eigenvalue weighted by Gasteiger charge is 2.14. The Hall–Kier alpha value is -0.870. The average Bonchev–Trinajstić information content (AvgIpc) is 2.59. The molecule has 0 amide bonds. The molecule has 14 heavy (non-hydrogen) atoms. The Bertz CT molecular complexity index is 489. The van der Waals surface area contributed by atoms with Crippen molar-refractivity contribution in [3.05, 3.63) is 28.5 Å². The zero-order valence-electron chi connectivity index (χ0n) is 7.63. The molecule has 1 aromatic heterocycles. The van der Waals surface area contributed by atoms with Crippen LogP contribution in [0.1, 0.15) is 5.82 Å². The van der Waals surface area contributed by atoms with Crippen molar-refractivity contribution in [3.8, 4) is 0 Å². The normalized spacial score (nSPS) is 15.8. The number of aromatic nitrogens is 2. The van der Waals surface area contributed by atoms with E-state index in [0.717, 1.165) is 35.4 Å². The number of nitrogens with zero attached hydrogens (tertiary/aromatic N) is 2. The molecule has 2 heterocycles. The number of rotatable bonds is 0. The summed E-state index contributed by atoms with van der Waals surface area (Å²) in [6.45, 7) is 2.92. The van der Waals surface area contributed by atoms with Crippen LogP contribution in [0.5, 0.6) is 0 Å². The molecule has 2 aromatic rings. The van der Waals surface area contributed by atoms with Crippen LogP contribution in [-0.2, 0) is 13.1 Å². The van der Waals surface area contributed by atoms with Crippen LogP contribution in [-0.4, -0.2) is 16.1 Å². The topological polar surface area (TPSA) is 29.9 Å². The Morgan fingerprint density at radius 3 is 3.29 bits per heavy atom. The van der Waals surface area contributed by atoms with E-state index in [-0.39, 0.29) is 0 Å². The highest BCUT2D eigenvalue weighted by Crippen LogP contribution is 2.24. The fourth-order valence-electron chi connectivity index (χ4n) is 1.94. The first-order valence-corrected chi connectivity index (χ1v) is 5.50. The minimum absolute atomic E-state index is 0.876. The maximum atomic E-state index is 4.61. The summed E-state index contributed by atoms with van der Waals surface area (Å²) in [7, 11) is 0. The molecule has 0 fully saturated rings. The summed E-state index contributed by atoms with van der Waals surface area (Å²) in [6, 6.07) is 6.22. The van der Waals surface area contributed by atoms with Gasteiger partial charge in [0.2, 0.25) is 0 Å². The number of hydrogen-bond acceptors (Lipinski definition) is 2. The van der Waals surface area contributed by atoms with Crippen molar-refractivity contribution >= 4 is 27.0 Å². The fourth-order valence-corrected chi connectivity index (χ4v) is 2.38. The van der Waals surface area contributed by atoms with Crippen molar-refractivity contribution in [1.82, 2.24) is 14.9 Å². The Balaban J connectivity index is 2.36. The van der Waals surface area contributed by atoms with Crippen LogP contribution in [0, 0.1) is 0 Å². The van der Waals surface area contributed by atoms with Gasteiger partial charge < -0.3 is 9.88 Å². The number of fused-ring (bicyclic) bond motifs is 3. The number of benzene rings is 1. The summed E-state index contributed by atoms with van der Waals surface area (Å²) in [5.41, 5.74) is 2.31. The molecular formula is C10H10BrN3. The summed E-state index contributed by atoms with van der Waals surface area (Å²) in [5.74, 6) is 1.14. The lowest BCUT2D eigenvalue weighted by Crippen LogP contribution is -2.28. The molecule has 0 spiro atoms. The number of para-hydroxylation sites is 1. The monoisotopic (exact) mass is 251 g/mol. The predicted octanol–water partition coefficient (Wildman–Crippen LogP) is 1.90. The lowest BCUT2D eigenvalue weighted by atomic mass is 10.3. The van der Waals surface area contributed by atoms with Gasteiger partial charge in [-0.3, -0.25) is 0 Å². The molecule has 1 aliphatic heterocycles. The van der Waals surface area contributed by atoms with Crippen molar-refractivity contribution in [2.24, 2.45) is 0 Å². The van der Waals surface area contributed by atoms with Crippen LogP contribution in [0.25, 0.3) is 11.0 Å². The Morgan fingerprint density at radius 1 is 1.43 bits per heavy atom. The van der Waals surface area contributed by atoms with Crippen LogP contribution in [0.2, 0.25) is 0 Å². The quantitative estimate of drug-likeness (QED) is 0.776. The van der Waals surface area contributed by atoms with E-state index < -0.39 is 0 Å². The number of nitrogens with one attached hydrogen (secondary N) is 1. The number of hydrogen-bond donors (Lipinski definition) is 1. The molecule has 1 aromatic carbocycles. The van der Waals surface area contributed by atoms with E-state index >= 15 is 0 Å². The van der Waals surface area contributed by atoms with Crippen LogP contribution in [0.4, 0.5) is 0 Å². The first-order chi connectivity index (χ1) is 6.86. The van der Waals surface area contributed by atoms with Gasteiger partial charge in [-0.25, -0.2) is 4.98 Å². The molecule has 0 atom stereocenters. The first kappa shape index (κ1) is 8.44. The maximum absolute atomic E-state index is 4.61. The van der Waals surface area contributed by atoms with E-state index in [1.807, 2.05) is 6.07 Å². The summed E-state index contributed by atoms with van der Waals surface area (Å²) < 4.78 is 3.37. The minimum Gasteiger partial charge on any atom is -0.326 e. The molecule has 0 unspecified atom stereocenters. The lowest BCUT2D eigenvalue weighted by Gasteiger charge is -2.15. The van der Waals surface area contributed by atoms with Gasteiger partial charge in [0, 0.05) is 17.6 Å². The van der Waals surface area contributed by atoms with Crippen molar-refractivity contribution in [3.63, 3.8) is 0 Å². The molecule has 0 bridgehead atoms. The third kappa shape index (κ3) is 1.11. The first-order valence-electron chi connectivity index (χ1n) is 4.70. The Morgan fingerprint density at radius 2 is 2.36 bits per heavy atom. The second kappa shape index (κ2) is 3.07. The molecule has 1 aliphatic rings. The molecule has 0 aliphatic carbocycles. The third-order valence-electron chi connectivity index (χ3n) is 2.60. The van der Waals surface area contributed by atoms with Crippen molar-refractivity contribution < 1.29 is 0 Å². The lowest BCUT2D eigenvalue weighted by molar-refractivity contribution is 0.514. The Labute approximate surface area is 90.3 Å². The summed E-state index contributed by atoms with van der Waals surface area (Å²) in [6.07, 6.45) is 0. The van der Waals surface area contributed by atoms with Gasteiger partial charge >= 0.3 is 0 Å². The van der Waals surface area contributed by atoms with Crippen molar-refractivity contribution in [1.29, 1.82) is 0 Å². The molecule has 0 saturated heterocycles. The van der Waals surface area contributed by atoms with Crippen LogP contribution in [0.15, 0.2) is 22.7 Å². The van der Waals surface area contributed by atoms with Gasteiger partial charge in [-0.1, -0.05) is 6.07 Å². The number of halogens is 1. The molecule has 3 rings (SSSR count). The zero-order valence-corrected chi connectivity index (χ0v) is 9.21. The molecule has 0 saturated carbocycles. The summed E-state index contributed by atoms with van der Waals surface area (Å²) >= 11 is 3.53. The SMILES string of the molecule is Brc1cccc2c1nc1n2CCNC1. The zero-order chi connectivity index (χ0) is 9.54. The molecule has 4 heteroatoms. The fraction of sp³-hybridized carbons (Fsp3) is 0.300. The van der Waals surface area contributed by atoms with Crippen LogP contribution >= 0.6 is 15.9 Å². The molecule has 3 nitrogen and oxygen atoms in total. The average molecular weight is 252 g/mol. The second-order valence-corrected chi connectivity index (χ2v) is 4.32. The van der Waals surface area contributed by atoms with Gasteiger partial charge in [0.25, 0.3) is 0 Å². The van der Waals surface area contributed by atoms with Gasteiger partial charge in [-0.2, -0.15) is 0 Å². The van der Waals surface area contributed by atoms with E-state index in [2.05, 4.69) is 42.9 Å². The summed E-state index contributed by atoms with van der Waals surface area (Å²) in [4.78, 5) is 4.61. The van der Waals surface area contributed by atoms with E-state index in [0.29, 0.717) is 0 Å². The van der Waals surface area contributed by atoms with Gasteiger partial charge in [-0.05, 0) is 28.1 Å². The van der Waals surface area contributed by atoms with E-state index in [1.54, 1.807) is 0 Å². The maximum Gasteiger partial charge on any atom is 0.123 e. The van der Waals surface area contributed by atoms with Crippen molar-refractivity contribution in [2.45, 2.75) is 13.1 Å². The summed E-state index contributed by atoms with van der Waals surface area (Å²) in [5, 5.41) is 3.32. The van der Waals surface area contributed by atoms with E-state index in [9.17, 15) is 0 Å². The van der Waals surface area contributed by atoms with E-state index in [4.69, 9.17) is 0 Å². The molecular weight excluding hydrogens is 242 g/mol. The standard InChI is InChI=1S/C10H10BrN3/c11-7-2-1-3-8-10(7)13-9-6-12-4-5-14(8)9/h1-3,12H,4-6H2. The van der Waals surface area contributed by atoms with Crippen LogP contribution in [0.3, 0.4) is 0 Å². The smallest absolute Gasteiger partial charge is 0.123 e. The number of imidazole rings is 1. The highest BCUT2D eigenvalue weighted by molar-refractivity contribution is 9.10. The molecule has 0 radical (unpaired) electrons. The van der Waals surface area contributed by atoms with Crippen molar-refractivity contribution in [2.75, 3.05) is 6.54 Å². The highest BCUT2D eigenvalue weighted by atomic mass is 79.9.